The maximum atomic E-state index is 12.3. The Labute approximate surface area is 238 Å². The van der Waals surface area contributed by atoms with E-state index in [1.165, 1.54) is 0 Å². The second kappa shape index (κ2) is 17.1. The van der Waals surface area contributed by atoms with Crippen LogP contribution < -0.4 is 11.0 Å². The Hall–Kier alpha value is -2.86. The Morgan fingerprint density at radius 1 is 0.550 bits per heavy atom. The van der Waals surface area contributed by atoms with Gasteiger partial charge in [0, 0.05) is 91.4 Å². The summed E-state index contributed by atoms with van der Waals surface area (Å²) >= 11 is 0. The molecule has 10 nitrogen and oxygen atoms in total. The van der Waals surface area contributed by atoms with Gasteiger partial charge in [-0.3, -0.25) is 29.1 Å². The highest BCUT2D eigenvalue weighted by atomic mass is 16.7. The number of rotatable bonds is 12. The van der Waals surface area contributed by atoms with Crippen LogP contribution in [-0.4, -0.2) is 110 Å². The second-order valence-corrected chi connectivity index (χ2v) is 10.5. The molecule has 0 spiro atoms. The van der Waals surface area contributed by atoms with Gasteiger partial charge in [-0.15, -0.1) is 0 Å². The van der Waals surface area contributed by atoms with E-state index in [1.807, 2.05) is 60.7 Å². The smallest absolute Gasteiger partial charge is 0.244 e. The fourth-order valence-corrected chi connectivity index (χ4v) is 4.93. The van der Waals surface area contributed by atoms with Crippen molar-refractivity contribution in [2.24, 2.45) is 0 Å². The summed E-state index contributed by atoms with van der Waals surface area (Å²) in [6.07, 6.45) is 0.833. The van der Waals surface area contributed by atoms with Gasteiger partial charge in [-0.05, 0) is 11.1 Å². The highest BCUT2D eigenvalue weighted by molar-refractivity contribution is 5.75. The van der Waals surface area contributed by atoms with Gasteiger partial charge in [0.25, 0.3) is 0 Å². The third kappa shape index (κ3) is 11.3. The summed E-state index contributed by atoms with van der Waals surface area (Å²) in [4.78, 5) is 45.3. The van der Waals surface area contributed by atoms with Crippen molar-refractivity contribution in [1.29, 1.82) is 0 Å². The fourth-order valence-electron chi connectivity index (χ4n) is 4.93. The summed E-state index contributed by atoms with van der Waals surface area (Å²) in [7, 11) is 0. The molecule has 2 fully saturated rings. The summed E-state index contributed by atoms with van der Waals surface area (Å²) in [5.41, 5.74) is 7.22. The number of nitrogens with one attached hydrogen (secondary N) is 2. The van der Waals surface area contributed by atoms with Crippen molar-refractivity contribution in [2.45, 2.75) is 26.1 Å². The maximum Gasteiger partial charge on any atom is 0.244 e. The SMILES string of the molecule is O=C(CCN1CCN2CCN(CCC(=O)NOCc3ccccc3)CCN(CC1)CC2)NOCc1ccccc1. The van der Waals surface area contributed by atoms with E-state index in [4.69, 9.17) is 9.68 Å². The van der Waals surface area contributed by atoms with Gasteiger partial charge in [0.2, 0.25) is 11.8 Å². The van der Waals surface area contributed by atoms with E-state index in [2.05, 4.69) is 30.6 Å². The number of hydrogen-bond donors (Lipinski definition) is 2. The highest BCUT2D eigenvalue weighted by Crippen LogP contribution is 2.07. The predicted molar refractivity (Wildman–Crippen MR) is 154 cm³/mol. The van der Waals surface area contributed by atoms with Crippen LogP contribution in [0.5, 0.6) is 0 Å². The summed E-state index contributed by atoms with van der Waals surface area (Å²) in [6.45, 7) is 11.9. The number of fused-ring (bicyclic) bond motifs is 3. The van der Waals surface area contributed by atoms with Crippen molar-refractivity contribution >= 4 is 11.8 Å². The Morgan fingerprint density at radius 2 is 0.900 bits per heavy atom. The molecule has 0 unspecified atom stereocenters. The Balaban J connectivity index is 1.14. The molecule has 2 bridgehead atoms. The van der Waals surface area contributed by atoms with Crippen LogP contribution in [0.3, 0.4) is 0 Å². The molecule has 2 amide bonds. The molecule has 2 saturated heterocycles. The standard InChI is InChI=1S/C30H44N6O4/c37-29(31-39-25-27-7-3-1-4-8-27)11-13-33-15-19-35-21-17-34(18-22-36(20-16-33)24-23-35)14-12-30(38)32-40-26-28-9-5-2-6-10-28/h1-10H,11-26H2,(H,31,37)(H,32,38). The van der Waals surface area contributed by atoms with Crippen molar-refractivity contribution in [1.82, 2.24) is 30.6 Å². The lowest BCUT2D eigenvalue weighted by molar-refractivity contribution is -0.135. The van der Waals surface area contributed by atoms with Crippen LogP contribution in [0.1, 0.15) is 24.0 Å². The topological polar surface area (TPSA) is 89.6 Å². The molecule has 2 N–H and O–H groups in total. The molecular weight excluding hydrogens is 508 g/mol. The zero-order chi connectivity index (χ0) is 27.8. The van der Waals surface area contributed by atoms with Crippen LogP contribution >= 0.6 is 0 Å². The molecule has 2 aromatic carbocycles. The average molecular weight is 553 g/mol. The molecule has 0 aliphatic carbocycles. The van der Waals surface area contributed by atoms with E-state index in [-0.39, 0.29) is 11.8 Å². The molecule has 10 heteroatoms. The average Bonchev–Trinajstić information content (AvgIpc) is 3.14. The van der Waals surface area contributed by atoms with Crippen LogP contribution in [0, 0.1) is 0 Å². The van der Waals surface area contributed by atoms with E-state index in [9.17, 15) is 9.59 Å². The Kier molecular flexibility index (Phi) is 12.8. The zero-order valence-electron chi connectivity index (χ0n) is 23.5. The molecular formula is C30H44N6O4. The van der Waals surface area contributed by atoms with E-state index >= 15 is 0 Å². The third-order valence-electron chi connectivity index (χ3n) is 7.51. The highest BCUT2D eigenvalue weighted by Gasteiger charge is 2.21. The summed E-state index contributed by atoms with van der Waals surface area (Å²) in [5.74, 6) is -0.174. The molecule has 2 heterocycles. The predicted octanol–water partition coefficient (Wildman–Crippen LogP) is 1.50. The van der Waals surface area contributed by atoms with E-state index in [1.54, 1.807) is 0 Å². The summed E-state index contributed by atoms with van der Waals surface area (Å²) in [6, 6.07) is 19.6. The number of amides is 2. The van der Waals surface area contributed by atoms with Crippen LogP contribution in [0.15, 0.2) is 60.7 Å². The normalized spacial score (nSPS) is 20.8. The van der Waals surface area contributed by atoms with Gasteiger partial charge in [-0.2, -0.15) is 0 Å². The van der Waals surface area contributed by atoms with Crippen LogP contribution in [0.4, 0.5) is 0 Å². The van der Waals surface area contributed by atoms with E-state index in [0.717, 1.165) is 89.7 Å². The van der Waals surface area contributed by atoms with Gasteiger partial charge >= 0.3 is 0 Å². The molecule has 0 aromatic heterocycles. The number of hydroxylamine groups is 2. The summed E-state index contributed by atoms with van der Waals surface area (Å²) < 4.78 is 0. The van der Waals surface area contributed by atoms with Crippen LogP contribution in [0.2, 0.25) is 0 Å². The first kappa shape index (κ1) is 30.1. The number of carbonyl (C=O) groups excluding carboxylic acids is 2. The first-order chi connectivity index (χ1) is 19.6. The van der Waals surface area contributed by atoms with Gasteiger partial charge in [-0.25, -0.2) is 11.0 Å². The number of hydrogen-bond acceptors (Lipinski definition) is 8. The molecule has 218 valence electrons. The largest absolute Gasteiger partial charge is 0.300 e. The lowest BCUT2D eigenvalue weighted by atomic mass is 10.2. The van der Waals surface area contributed by atoms with Gasteiger partial charge in [0.1, 0.15) is 0 Å². The second-order valence-electron chi connectivity index (χ2n) is 10.5. The minimum Gasteiger partial charge on any atom is -0.300 e. The van der Waals surface area contributed by atoms with Gasteiger partial charge in [0.05, 0.1) is 13.2 Å². The first-order valence-corrected chi connectivity index (χ1v) is 14.4. The van der Waals surface area contributed by atoms with Crippen molar-refractivity contribution in [3.63, 3.8) is 0 Å². The molecule has 4 rings (SSSR count). The minimum atomic E-state index is -0.0872. The molecule has 2 aliphatic rings. The summed E-state index contributed by atoms with van der Waals surface area (Å²) in [5, 5.41) is 0. The molecule has 2 aliphatic heterocycles. The van der Waals surface area contributed by atoms with Crippen LogP contribution in [0.25, 0.3) is 0 Å². The maximum absolute atomic E-state index is 12.3. The third-order valence-corrected chi connectivity index (χ3v) is 7.51. The van der Waals surface area contributed by atoms with E-state index in [0.29, 0.717) is 26.1 Å². The molecule has 40 heavy (non-hydrogen) atoms. The fraction of sp³-hybridized carbons (Fsp3) is 0.533. The lowest BCUT2D eigenvalue weighted by Gasteiger charge is -2.29. The van der Waals surface area contributed by atoms with Gasteiger partial charge in [-0.1, -0.05) is 60.7 Å². The number of carbonyl (C=O) groups is 2. The molecule has 2 aromatic rings. The Morgan fingerprint density at radius 3 is 1.27 bits per heavy atom. The van der Waals surface area contributed by atoms with Crippen molar-refractivity contribution in [3.05, 3.63) is 71.8 Å². The number of benzene rings is 2. The molecule has 0 atom stereocenters. The van der Waals surface area contributed by atoms with Gasteiger partial charge in [0.15, 0.2) is 0 Å². The molecule has 0 radical (unpaired) electrons. The first-order valence-electron chi connectivity index (χ1n) is 14.4. The monoisotopic (exact) mass is 552 g/mol. The quantitative estimate of drug-likeness (QED) is 0.383. The zero-order valence-corrected chi connectivity index (χ0v) is 23.5. The van der Waals surface area contributed by atoms with Gasteiger partial charge < -0.3 is 9.80 Å². The molecule has 0 saturated carbocycles. The number of nitrogens with zero attached hydrogens (tertiary/aromatic N) is 4. The van der Waals surface area contributed by atoms with Crippen molar-refractivity contribution in [3.8, 4) is 0 Å². The van der Waals surface area contributed by atoms with Crippen molar-refractivity contribution < 1.29 is 19.3 Å². The van der Waals surface area contributed by atoms with E-state index < -0.39 is 0 Å². The van der Waals surface area contributed by atoms with Crippen LogP contribution in [-0.2, 0) is 32.5 Å². The Bertz CT molecular complexity index is 914. The van der Waals surface area contributed by atoms with Crippen molar-refractivity contribution in [2.75, 3.05) is 78.5 Å². The lowest BCUT2D eigenvalue weighted by Crippen LogP contribution is -2.43. The minimum absolute atomic E-state index is 0.0872.